The Balaban J connectivity index is 3.18. The smallest absolute Gasteiger partial charge is 0.324 e. The number of alkyl halides is 4. The van der Waals surface area contributed by atoms with Crippen LogP contribution in [-0.2, 0) is 9.59 Å². The molecule has 1 aliphatic rings. The van der Waals surface area contributed by atoms with E-state index in [1.54, 1.807) is 20.8 Å². The van der Waals surface area contributed by atoms with E-state index in [2.05, 4.69) is 5.32 Å². The van der Waals surface area contributed by atoms with E-state index < -0.39 is 48.2 Å². The van der Waals surface area contributed by atoms with Crippen LogP contribution in [0.3, 0.4) is 0 Å². The molecule has 1 rings (SSSR count). The van der Waals surface area contributed by atoms with Crippen LogP contribution in [-0.4, -0.2) is 47.2 Å². The maximum Gasteiger partial charge on any atom is 0.324 e. The minimum atomic E-state index is -4.35. The van der Waals surface area contributed by atoms with E-state index in [-0.39, 0.29) is 6.42 Å². The molecule has 0 spiro atoms. The zero-order chi connectivity index (χ0) is 16.6. The van der Waals surface area contributed by atoms with Crippen LogP contribution < -0.4 is 5.32 Å². The van der Waals surface area contributed by atoms with Crippen LogP contribution in [0.15, 0.2) is 0 Å². The third-order valence-electron chi connectivity index (χ3n) is 3.78. The Morgan fingerprint density at radius 3 is 2.24 bits per heavy atom. The average molecular weight is 312 g/mol. The maximum absolute atomic E-state index is 13.3. The number of nitrogens with zero attached hydrogens (tertiary/aromatic N) is 1. The van der Waals surface area contributed by atoms with Gasteiger partial charge in [0.2, 0.25) is 11.8 Å². The van der Waals surface area contributed by atoms with Gasteiger partial charge in [-0.3, -0.25) is 9.59 Å². The Labute approximate surface area is 120 Å². The van der Waals surface area contributed by atoms with Crippen molar-refractivity contribution in [3.63, 3.8) is 0 Å². The molecule has 0 aromatic rings. The molecule has 0 aliphatic carbocycles. The van der Waals surface area contributed by atoms with Gasteiger partial charge in [0.15, 0.2) is 0 Å². The van der Waals surface area contributed by atoms with Crippen molar-refractivity contribution in [2.24, 2.45) is 5.92 Å². The molecule has 0 saturated carbocycles. The molecule has 122 valence electrons. The second-order valence-electron chi connectivity index (χ2n) is 5.86. The Kier molecular flexibility index (Phi) is 4.90. The predicted octanol–water partition coefficient (Wildman–Crippen LogP) is 2.04. The highest BCUT2D eigenvalue weighted by molar-refractivity contribution is 5.99. The summed E-state index contributed by atoms with van der Waals surface area (Å²) in [5.74, 6) is -6.18. The van der Waals surface area contributed by atoms with Crippen molar-refractivity contribution in [1.29, 1.82) is 0 Å². The van der Waals surface area contributed by atoms with Gasteiger partial charge < -0.3 is 10.2 Å². The minimum Gasteiger partial charge on any atom is -0.340 e. The summed E-state index contributed by atoms with van der Waals surface area (Å²) < 4.78 is 51.5. The number of nitrogens with one attached hydrogen (secondary N) is 1. The van der Waals surface area contributed by atoms with E-state index in [0.717, 1.165) is 0 Å². The molecule has 1 N–H and O–H groups in total. The van der Waals surface area contributed by atoms with Gasteiger partial charge in [0.05, 0.1) is 6.54 Å². The summed E-state index contributed by atoms with van der Waals surface area (Å²) >= 11 is 0. The second kappa shape index (κ2) is 5.81. The summed E-state index contributed by atoms with van der Waals surface area (Å²) in [6, 6.07) is -1.18. The van der Waals surface area contributed by atoms with E-state index in [1.807, 2.05) is 0 Å². The molecule has 0 aromatic heterocycles. The molecule has 1 heterocycles. The van der Waals surface area contributed by atoms with Gasteiger partial charge in [0, 0.05) is 0 Å². The standard InChI is InChI=1S/C13H20F4N2O2/c1-5-12(4)11(21)19(6-13(16,17)10(14)15)8(7(2)3)9(20)18-12/h7-8,10H,5-6H2,1-4H3,(H,18,20). The van der Waals surface area contributed by atoms with E-state index in [0.29, 0.717) is 4.90 Å². The van der Waals surface area contributed by atoms with Crippen LogP contribution in [0.25, 0.3) is 0 Å². The second-order valence-corrected chi connectivity index (χ2v) is 5.86. The fourth-order valence-electron chi connectivity index (χ4n) is 2.35. The lowest BCUT2D eigenvalue weighted by Crippen LogP contribution is -2.71. The minimum absolute atomic E-state index is 0.180. The fraction of sp³-hybridized carbons (Fsp3) is 0.846. The molecule has 2 atom stereocenters. The lowest BCUT2D eigenvalue weighted by molar-refractivity contribution is -0.176. The summed E-state index contributed by atoms with van der Waals surface area (Å²) in [6.07, 6.45) is -3.71. The third kappa shape index (κ3) is 3.29. The van der Waals surface area contributed by atoms with E-state index in [1.165, 1.54) is 6.92 Å². The Bertz CT molecular complexity index is 428. The first-order chi connectivity index (χ1) is 9.46. The number of halogens is 4. The number of hydrogen-bond acceptors (Lipinski definition) is 2. The number of hydrogen-bond donors (Lipinski definition) is 1. The van der Waals surface area contributed by atoms with E-state index in [9.17, 15) is 27.2 Å². The van der Waals surface area contributed by atoms with Gasteiger partial charge in [0.1, 0.15) is 11.6 Å². The zero-order valence-corrected chi connectivity index (χ0v) is 12.4. The molecule has 4 nitrogen and oxygen atoms in total. The van der Waals surface area contributed by atoms with Gasteiger partial charge in [-0.15, -0.1) is 0 Å². The van der Waals surface area contributed by atoms with Gasteiger partial charge in [-0.05, 0) is 19.3 Å². The molecule has 8 heteroatoms. The maximum atomic E-state index is 13.3. The van der Waals surface area contributed by atoms with Gasteiger partial charge in [-0.2, -0.15) is 8.78 Å². The molecule has 0 bridgehead atoms. The van der Waals surface area contributed by atoms with Crippen LogP contribution >= 0.6 is 0 Å². The number of rotatable bonds is 5. The Morgan fingerprint density at radius 2 is 1.86 bits per heavy atom. The normalized spacial score (nSPS) is 27.5. The van der Waals surface area contributed by atoms with Crippen molar-refractivity contribution in [3.8, 4) is 0 Å². The summed E-state index contributed by atoms with van der Waals surface area (Å²) in [7, 11) is 0. The number of amides is 2. The van der Waals surface area contributed by atoms with E-state index >= 15 is 0 Å². The Hall–Kier alpha value is -1.34. The summed E-state index contributed by atoms with van der Waals surface area (Å²) in [6.45, 7) is 4.68. The van der Waals surface area contributed by atoms with Crippen molar-refractivity contribution in [1.82, 2.24) is 10.2 Å². The molecule has 1 fully saturated rings. The molecule has 2 amide bonds. The number of carbonyl (C=O) groups is 2. The predicted molar refractivity (Wildman–Crippen MR) is 68.1 cm³/mol. The highest BCUT2D eigenvalue weighted by Crippen LogP contribution is 2.31. The lowest BCUT2D eigenvalue weighted by atomic mass is 9.88. The first-order valence-electron chi connectivity index (χ1n) is 6.75. The van der Waals surface area contributed by atoms with Gasteiger partial charge in [-0.1, -0.05) is 20.8 Å². The highest BCUT2D eigenvalue weighted by Gasteiger charge is 2.53. The van der Waals surface area contributed by atoms with Crippen molar-refractivity contribution in [2.45, 2.75) is 58.0 Å². The highest BCUT2D eigenvalue weighted by atomic mass is 19.3. The van der Waals surface area contributed by atoms with Crippen molar-refractivity contribution >= 4 is 11.8 Å². The fourth-order valence-corrected chi connectivity index (χ4v) is 2.35. The summed E-state index contributed by atoms with van der Waals surface area (Å²) in [5, 5.41) is 2.51. The molecule has 1 saturated heterocycles. The molecule has 1 aliphatic heterocycles. The molecule has 0 aromatic carbocycles. The van der Waals surface area contributed by atoms with Crippen molar-refractivity contribution in [3.05, 3.63) is 0 Å². The number of carbonyl (C=O) groups excluding carboxylic acids is 2. The molecule has 2 unspecified atom stereocenters. The largest absolute Gasteiger partial charge is 0.340 e. The van der Waals surface area contributed by atoms with Gasteiger partial charge in [0.25, 0.3) is 0 Å². The Morgan fingerprint density at radius 1 is 1.33 bits per heavy atom. The topological polar surface area (TPSA) is 49.4 Å². The molecule has 21 heavy (non-hydrogen) atoms. The quantitative estimate of drug-likeness (QED) is 0.790. The number of piperazine rings is 1. The molecular formula is C13H20F4N2O2. The first kappa shape index (κ1) is 17.7. The van der Waals surface area contributed by atoms with Crippen molar-refractivity contribution in [2.75, 3.05) is 6.54 Å². The van der Waals surface area contributed by atoms with Gasteiger partial charge >= 0.3 is 12.3 Å². The third-order valence-corrected chi connectivity index (χ3v) is 3.78. The SMILES string of the molecule is CCC1(C)NC(=O)C(C(C)C)N(CC(F)(F)C(F)F)C1=O. The molecular weight excluding hydrogens is 292 g/mol. The van der Waals surface area contributed by atoms with Crippen LogP contribution in [0.5, 0.6) is 0 Å². The van der Waals surface area contributed by atoms with Crippen LogP contribution in [0.2, 0.25) is 0 Å². The summed E-state index contributed by atoms with van der Waals surface area (Å²) in [5.41, 5.74) is -1.35. The van der Waals surface area contributed by atoms with Crippen LogP contribution in [0.4, 0.5) is 17.6 Å². The monoisotopic (exact) mass is 312 g/mol. The average Bonchev–Trinajstić information content (AvgIpc) is 2.34. The zero-order valence-electron chi connectivity index (χ0n) is 12.4. The molecule has 0 radical (unpaired) electrons. The van der Waals surface area contributed by atoms with Crippen molar-refractivity contribution < 1.29 is 27.2 Å². The summed E-state index contributed by atoms with van der Waals surface area (Å²) in [4.78, 5) is 25.1. The van der Waals surface area contributed by atoms with Crippen LogP contribution in [0.1, 0.15) is 34.1 Å². The van der Waals surface area contributed by atoms with Crippen LogP contribution in [0, 0.1) is 5.92 Å². The van der Waals surface area contributed by atoms with E-state index in [4.69, 9.17) is 0 Å². The van der Waals surface area contributed by atoms with Gasteiger partial charge in [-0.25, -0.2) is 8.78 Å². The lowest BCUT2D eigenvalue weighted by Gasteiger charge is -2.46. The first-order valence-corrected chi connectivity index (χ1v) is 6.75.